The third-order valence-corrected chi connectivity index (χ3v) is 9.17. The summed E-state index contributed by atoms with van der Waals surface area (Å²) >= 11 is 0. The van der Waals surface area contributed by atoms with Crippen molar-refractivity contribution < 1.29 is 14.4 Å². The summed E-state index contributed by atoms with van der Waals surface area (Å²) in [6, 6.07) is 29.0. The van der Waals surface area contributed by atoms with Gasteiger partial charge in [0, 0.05) is 24.0 Å². The third-order valence-electron chi connectivity index (χ3n) is 9.17. The van der Waals surface area contributed by atoms with Gasteiger partial charge in [0.05, 0.1) is 17.5 Å². The number of likely N-dealkylation sites (N-methyl/N-ethyl adjacent to an activating group) is 1. The summed E-state index contributed by atoms with van der Waals surface area (Å²) < 4.78 is 0. The van der Waals surface area contributed by atoms with E-state index in [-0.39, 0.29) is 36.3 Å². The number of pyridine rings is 1. The van der Waals surface area contributed by atoms with Crippen molar-refractivity contribution >= 4 is 29.2 Å². The van der Waals surface area contributed by atoms with Crippen molar-refractivity contribution in [2.75, 3.05) is 30.8 Å². The minimum Gasteiger partial charge on any atom is -0.325 e. The molecule has 0 bridgehead atoms. The third kappa shape index (κ3) is 4.87. The average molecular weight is 572 g/mol. The molecule has 7 rings (SSSR count). The average Bonchev–Trinajstić information content (AvgIpc) is 3.54. The predicted molar refractivity (Wildman–Crippen MR) is 164 cm³/mol. The van der Waals surface area contributed by atoms with E-state index in [1.165, 1.54) is 0 Å². The van der Waals surface area contributed by atoms with Crippen molar-refractivity contribution in [3.05, 3.63) is 125 Å². The first kappa shape index (κ1) is 27.0. The second-order valence-corrected chi connectivity index (χ2v) is 11.9. The summed E-state index contributed by atoms with van der Waals surface area (Å²) in [4.78, 5) is 48.8. The number of anilines is 2. The zero-order valence-electron chi connectivity index (χ0n) is 24.0. The smallest absolute Gasteiger partial charge is 0.244 e. The van der Waals surface area contributed by atoms with E-state index < -0.39 is 5.41 Å². The molecule has 1 spiro atoms. The van der Waals surface area contributed by atoms with E-state index in [0.29, 0.717) is 37.3 Å². The van der Waals surface area contributed by atoms with Crippen LogP contribution < -0.4 is 10.6 Å². The SMILES string of the molecule is CN1CC(c2ccccc2)N(CC(=O)Nc2ccc3c(c2)CC2(C3)C(=O)Nc3ncccc32)C(=O)C1Cc1ccccc1. The summed E-state index contributed by atoms with van der Waals surface area (Å²) in [6.07, 6.45) is 3.41. The lowest BCUT2D eigenvalue weighted by molar-refractivity contribution is -0.147. The van der Waals surface area contributed by atoms with E-state index >= 15 is 0 Å². The zero-order chi connectivity index (χ0) is 29.6. The zero-order valence-corrected chi connectivity index (χ0v) is 24.0. The van der Waals surface area contributed by atoms with Crippen LogP contribution in [0, 0.1) is 0 Å². The highest BCUT2D eigenvalue weighted by Crippen LogP contribution is 2.47. The first-order valence-electron chi connectivity index (χ1n) is 14.7. The van der Waals surface area contributed by atoms with Crippen LogP contribution in [0.25, 0.3) is 0 Å². The highest BCUT2D eigenvalue weighted by atomic mass is 16.2. The Labute approximate surface area is 250 Å². The quantitative estimate of drug-likeness (QED) is 0.363. The van der Waals surface area contributed by atoms with Gasteiger partial charge in [-0.3, -0.25) is 19.3 Å². The molecular formula is C35H33N5O3. The van der Waals surface area contributed by atoms with Gasteiger partial charge in [-0.25, -0.2) is 4.98 Å². The Kier molecular flexibility index (Phi) is 6.78. The van der Waals surface area contributed by atoms with E-state index in [4.69, 9.17) is 0 Å². The van der Waals surface area contributed by atoms with Crippen molar-refractivity contribution in [2.24, 2.45) is 0 Å². The molecule has 3 aliphatic rings. The van der Waals surface area contributed by atoms with E-state index in [9.17, 15) is 14.4 Å². The molecule has 3 amide bonds. The van der Waals surface area contributed by atoms with Crippen LogP contribution in [-0.2, 0) is 39.1 Å². The van der Waals surface area contributed by atoms with Gasteiger partial charge >= 0.3 is 0 Å². The molecular weight excluding hydrogens is 538 g/mol. The molecule has 0 radical (unpaired) electrons. The highest BCUT2D eigenvalue weighted by molar-refractivity contribution is 6.06. The molecule has 1 aromatic heterocycles. The van der Waals surface area contributed by atoms with Crippen molar-refractivity contribution in [1.82, 2.24) is 14.8 Å². The molecule has 1 aliphatic carbocycles. The van der Waals surface area contributed by atoms with Gasteiger partial charge in [0.2, 0.25) is 17.7 Å². The maximum atomic E-state index is 14.0. The molecule has 3 heterocycles. The fourth-order valence-electron chi connectivity index (χ4n) is 6.96. The maximum Gasteiger partial charge on any atom is 0.244 e. The van der Waals surface area contributed by atoms with Crippen molar-refractivity contribution in [3.63, 3.8) is 0 Å². The Morgan fingerprint density at radius 2 is 1.70 bits per heavy atom. The van der Waals surface area contributed by atoms with Crippen LogP contribution in [0.5, 0.6) is 0 Å². The van der Waals surface area contributed by atoms with Gasteiger partial charge in [-0.05, 0) is 66.8 Å². The van der Waals surface area contributed by atoms with Crippen LogP contribution in [0.15, 0.2) is 97.2 Å². The van der Waals surface area contributed by atoms with Gasteiger partial charge in [-0.1, -0.05) is 72.8 Å². The van der Waals surface area contributed by atoms with E-state index in [2.05, 4.69) is 20.5 Å². The minimum absolute atomic E-state index is 0.0337. The van der Waals surface area contributed by atoms with Crippen LogP contribution in [0.2, 0.25) is 0 Å². The highest BCUT2D eigenvalue weighted by Gasteiger charge is 2.51. The van der Waals surface area contributed by atoms with Crippen LogP contribution in [0.1, 0.15) is 33.9 Å². The Bertz CT molecular complexity index is 1710. The molecule has 0 saturated carbocycles. The lowest BCUT2D eigenvalue weighted by Crippen LogP contribution is -2.59. The topological polar surface area (TPSA) is 94.6 Å². The Hall–Kier alpha value is -4.82. The first-order valence-corrected chi connectivity index (χ1v) is 14.7. The van der Waals surface area contributed by atoms with Gasteiger partial charge in [-0.2, -0.15) is 0 Å². The summed E-state index contributed by atoms with van der Waals surface area (Å²) in [7, 11) is 1.98. The number of benzene rings is 3. The number of nitrogens with zero attached hydrogens (tertiary/aromatic N) is 3. The second-order valence-electron chi connectivity index (χ2n) is 11.9. The van der Waals surface area contributed by atoms with E-state index in [1.807, 2.05) is 98.0 Å². The Morgan fingerprint density at radius 3 is 2.49 bits per heavy atom. The predicted octanol–water partition coefficient (Wildman–Crippen LogP) is 4.14. The molecule has 8 heteroatoms. The van der Waals surface area contributed by atoms with Gasteiger partial charge in [-0.15, -0.1) is 0 Å². The summed E-state index contributed by atoms with van der Waals surface area (Å²) in [5.41, 5.74) is 5.12. The second kappa shape index (κ2) is 10.8. The molecule has 43 heavy (non-hydrogen) atoms. The monoisotopic (exact) mass is 571 g/mol. The molecule has 216 valence electrons. The van der Waals surface area contributed by atoms with Crippen LogP contribution in [-0.4, -0.2) is 58.7 Å². The molecule has 4 aromatic rings. The van der Waals surface area contributed by atoms with E-state index in [1.54, 1.807) is 11.1 Å². The minimum atomic E-state index is -0.669. The number of rotatable bonds is 6. The van der Waals surface area contributed by atoms with Gasteiger partial charge in [0.25, 0.3) is 0 Å². The number of piperazine rings is 1. The number of amides is 3. The number of hydrogen-bond donors (Lipinski definition) is 2. The number of carbonyl (C=O) groups excluding carboxylic acids is 3. The van der Waals surface area contributed by atoms with E-state index in [0.717, 1.165) is 27.8 Å². The fourth-order valence-corrected chi connectivity index (χ4v) is 6.96. The largest absolute Gasteiger partial charge is 0.325 e. The number of nitrogens with one attached hydrogen (secondary N) is 2. The van der Waals surface area contributed by atoms with Crippen molar-refractivity contribution in [1.29, 1.82) is 0 Å². The summed E-state index contributed by atoms with van der Waals surface area (Å²) in [5.74, 6) is 0.285. The van der Waals surface area contributed by atoms with Gasteiger partial charge in [0.1, 0.15) is 12.4 Å². The normalized spacial score (nSPS) is 22.8. The van der Waals surface area contributed by atoms with Crippen LogP contribution in [0.3, 0.4) is 0 Å². The number of hydrogen-bond acceptors (Lipinski definition) is 5. The fraction of sp³-hybridized carbons (Fsp3) is 0.257. The molecule has 8 nitrogen and oxygen atoms in total. The first-order chi connectivity index (χ1) is 20.9. The number of carbonyl (C=O) groups is 3. The summed E-state index contributed by atoms with van der Waals surface area (Å²) in [5, 5.41) is 5.98. The van der Waals surface area contributed by atoms with Crippen molar-refractivity contribution in [2.45, 2.75) is 36.8 Å². The molecule has 3 aromatic carbocycles. The van der Waals surface area contributed by atoms with Gasteiger partial charge < -0.3 is 15.5 Å². The van der Waals surface area contributed by atoms with Crippen LogP contribution >= 0.6 is 0 Å². The lowest BCUT2D eigenvalue weighted by atomic mass is 9.79. The molecule has 3 unspecified atom stereocenters. The Morgan fingerprint density at radius 1 is 0.953 bits per heavy atom. The molecule has 2 N–H and O–H groups in total. The molecule has 2 aliphatic heterocycles. The number of fused-ring (bicyclic) bond motifs is 3. The van der Waals surface area contributed by atoms with Crippen molar-refractivity contribution in [3.8, 4) is 0 Å². The molecule has 3 atom stereocenters. The lowest BCUT2D eigenvalue weighted by Gasteiger charge is -2.44. The van der Waals surface area contributed by atoms with Crippen LogP contribution in [0.4, 0.5) is 11.5 Å². The Balaban J connectivity index is 1.10. The number of aromatic nitrogens is 1. The summed E-state index contributed by atoms with van der Waals surface area (Å²) in [6.45, 7) is 0.569. The molecule has 1 saturated heterocycles. The van der Waals surface area contributed by atoms with Gasteiger partial charge in [0.15, 0.2) is 0 Å². The molecule has 1 fully saturated rings. The maximum absolute atomic E-state index is 14.0. The standard InChI is InChI=1S/C35H33N5O3/c1-39-21-30(24-11-6-3-7-12-24)40(33(42)29(39)17-23-9-4-2-5-10-23)22-31(41)37-27-15-14-25-19-35(20-26(25)18-27)28-13-8-16-36-32(28)38-34(35)43/h2-16,18,29-30H,17,19-22H2,1H3,(H,37,41)(H,36,38,43).